The van der Waals surface area contributed by atoms with E-state index in [1.807, 2.05) is 18.2 Å². The van der Waals surface area contributed by atoms with Gasteiger partial charge >= 0.3 is 0 Å². The first-order valence-corrected chi connectivity index (χ1v) is 6.74. The summed E-state index contributed by atoms with van der Waals surface area (Å²) in [5, 5.41) is 3.35. The highest BCUT2D eigenvalue weighted by atomic mass is 127. The van der Waals surface area contributed by atoms with E-state index in [4.69, 9.17) is 4.74 Å². The van der Waals surface area contributed by atoms with Crippen LogP contribution in [0.25, 0.3) is 0 Å². The SMILES string of the molecule is Ic1ccccc1OCCN1CCNCC1. The van der Waals surface area contributed by atoms with Gasteiger partial charge in [-0.05, 0) is 34.7 Å². The van der Waals surface area contributed by atoms with Crippen molar-refractivity contribution in [2.45, 2.75) is 0 Å². The van der Waals surface area contributed by atoms with Crippen LogP contribution in [-0.4, -0.2) is 44.2 Å². The third kappa shape index (κ3) is 3.61. The van der Waals surface area contributed by atoms with Crippen molar-refractivity contribution in [1.82, 2.24) is 10.2 Å². The second-order valence-electron chi connectivity index (χ2n) is 3.87. The first-order chi connectivity index (χ1) is 7.86. The Kier molecular flexibility index (Phi) is 4.87. The van der Waals surface area contributed by atoms with Crippen molar-refractivity contribution in [3.63, 3.8) is 0 Å². The van der Waals surface area contributed by atoms with Crippen molar-refractivity contribution in [2.24, 2.45) is 0 Å². The molecule has 1 heterocycles. The highest BCUT2D eigenvalue weighted by Gasteiger charge is 2.09. The van der Waals surface area contributed by atoms with E-state index in [1.54, 1.807) is 0 Å². The zero-order valence-corrected chi connectivity index (χ0v) is 11.4. The Morgan fingerprint density at radius 2 is 2.00 bits per heavy atom. The van der Waals surface area contributed by atoms with Gasteiger partial charge in [0.1, 0.15) is 12.4 Å². The molecule has 1 aromatic rings. The van der Waals surface area contributed by atoms with Crippen molar-refractivity contribution in [3.05, 3.63) is 27.8 Å². The summed E-state index contributed by atoms with van der Waals surface area (Å²) < 4.78 is 6.95. The Morgan fingerprint density at radius 1 is 1.25 bits per heavy atom. The highest BCUT2D eigenvalue weighted by Crippen LogP contribution is 2.19. The quantitative estimate of drug-likeness (QED) is 0.848. The summed E-state index contributed by atoms with van der Waals surface area (Å²) in [4.78, 5) is 2.44. The lowest BCUT2D eigenvalue weighted by Gasteiger charge is -2.26. The van der Waals surface area contributed by atoms with Gasteiger partial charge in [0.2, 0.25) is 0 Å². The van der Waals surface area contributed by atoms with Crippen molar-refractivity contribution in [2.75, 3.05) is 39.3 Å². The lowest BCUT2D eigenvalue weighted by Crippen LogP contribution is -2.44. The molecule has 1 N–H and O–H groups in total. The van der Waals surface area contributed by atoms with Gasteiger partial charge in [-0.1, -0.05) is 12.1 Å². The van der Waals surface area contributed by atoms with E-state index < -0.39 is 0 Å². The molecule has 4 heteroatoms. The Morgan fingerprint density at radius 3 is 2.75 bits per heavy atom. The maximum atomic E-state index is 5.77. The van der Waals surface area contributed by atoms with Crippen LogP contribution < -0.4 is 10.1 Å². The Labute approximate surface area is 110 Å². The lowest BCUT2D eigenvalue weighted by molar-refractivity contribution is 0.191. The van der Waals surface area contributed by atoms with Gasteiger partial charge in [-0.2, -0.15) is 0 Å². The van der Waals surface area contributed by atoms with E-state index in [9.17, 15) is 0 Å². The van der Waals surface area contributed by atoms with Crippen molar-refractivity contribution in [3.8, 4) is 5.75 Å². The molecular weight excluding hydrogens is 315 g/mol. The summed E-state index contributed by atoms with van der Waals surface area (Å²) >= 11 is 2.31. The molecule has 1 saturated heterocycles. The van der Waals surface area contributed by atoms with Crippen LogP contribution in [0, 0.1) is 3.57 Å². The van der Waals surface area contributed by atoms with Gasteiger partial charge in [-0.3, -0.25) is 4.90 Å². The standard InChI is InChI=1S/C12H17IN2O/c13-11-3-1-2-4-12(11)16-10-9-15-7-5-14-6-8-15/h1-4,14H,5-10H2. The topological polar surface area (TPSA) is 24.5 Å². The molecular formula is C12H17IN2O. The molecule has 1 fully saturated rings. The molecule has 2 rings (SSSR count). The molecule has 3 nitrogen and oxygen atoms in total. The molecule has 0 aliphatic carbocycles. The van der Waals surface area contributed by atoms with Crippen molar-refractivity contribution >= 4 is 22.6 Å². The van der Waals surface area contributed by atoms with Crippen LogP contribution in [0.15, 0.2) is 24.3 Å². The monoisotopic (exact) mass is 332 g/mol. The predicted molar refractivity (Wildman–Crippen MR) is 74.0 cm³/mol. The zero-order valence-electron chi connectivity index (χ0n) is 9.29. The number of piperazine rings is 1. The lowest BCUT2D eigenvalue weighted by atomic mass is 10.3. The molecule has 0 unspecified atom stereocenters. The third-order valence-corrected chi connectivity index (χ3v) is 3.60. The fourth-order valence-electron chi connectivity index (χ4n) is 1.78. The van der Waals surface area contributed by atoms with Crippen molar-refractivity contribution in [1.29, 1.82) is 0 Å². The Bertz CT molecular complexity index is 327. The molecule has 1 aliphatic rings. The van der Waals surface area contributed by atoms with E-state index in [1.165, 1.54) is 3.57 Å². The Hall–Kier alpha value is -0.330. The summed E-state index contributed by atoms with van der Waals surface area (Å²) in [5.74, 6) is 0.998. The minimum Gasteiger partial charge on any atom is -0.491 e. The van der Waals surface area contributed by atoms with Crippen LogP contribution in [0.3, 0.4) is 0 Å². The van der Waals surface area contributed by atoms with Crippen LogP contribution in [0.1, 0.15) is 0 Å². The molecule has 0 saturated carbocycles. The maximum absolute atomic E-state index is 5.77. The minimum absolute atomic E-state index is 0.778. The summed E-state index contributed by atoms with van der Waals surface area (Å²) in [6.45, 7) is 6.27. The first-order valence-electron chi connectivity index (χ1n) is 5.66. The molecule has 0 atom stereocenters. The molecule has 0 radical (unpaired) electrons. The largest absolute Gasteiger partial charge is 0.491 e. The number of rotatable bonds is 4. The molecule has 0 spiro atoms. The van der Waals surface area contributed by atoms with Gasteiger partial charge < -0.3 is 10.1 Å². The number of nitrogens with one attached hydrogen (secondary N) is 1. The first kappa shape index (κ1) is 12.1. The summed E-state index contributed by atoms with van der Waals surface area (Å²) in [6, 6.07) is 8.15. The normalized spacial score (nSPS) is 17.3. The van der Waals surface area contributed by atoms with E-state index in [-0.39, 0.29) is 0 Å². The third-order valence-electron chi connectivity index (χ3n) is 2.71. The minimum atomic E-state index is 0.778. The number of nitrogens with zero attached hydrogens (tertiary/aromatic N) is 1. The van der Waals surface area contributed by atoms with Gasteiger partial charge in [0.25, 0.3) is 0 Å². The molecule has 0 bridgehead atoms. The van der Waals surface area contributed by atoms with Crippen LogP contribution in [0.2, 0.25) is 0 Å². The molecule has 16 heavy (non-hydrogen) atoms. The zero-order chi connectivity index (χ0) is 11.2. The number of ether oxygens (including phenoxy) is 1. The number of benzene rings is 1. The number of hydrogen-bond donors (Lipinski definition) is 1. The maximum Gasteiger partial charge on any atom is 0.132 e. The fraction of sp³-hybridized carbons (Fsp3) is 0.500. The summed E-state index contributed by atoms with van der Waals surface area (Å²) in [5.41, 5.74) is 0. The van der Waals surface area contributed by atoms with Gasteiger partial charge in [-0.25, -0.2) is 0 Å². The summed E-state index contributed by atoms with van der Waals surface area (Å²) in [7, 11) is 0. The smallest absolute Gasteiger partial charge is 0.132 e. The molecule has 88 valence electrons. The molecule has 0 aromatic heterocycles. The van der Waals surface area contributed by atoms with E-state index in [0.717, 1.165) is 45.1 Å². The van der Waals surface area contributed by atoms with E-state index in [0.29, 0.717) is 0 Å². The van der Waals surface area contributed by atoms with E-state index in [2.05, 4.69) is 38.9 Å². The fourth-order valence-corrected chi connectivity index (χ4v) is 2.32. The number of halogens is 1. The Balaban J connectivity index is 1.73. The van der Waals surface area contributed by atoms with Gasteiger partial charge in [0, 0.05) is 32.7 Å². The van der Waals surface area contributed by atoms with E-state index >= 15 is 0 Å². The van der Waals surface area contributed by atoms with Crippen LogP contribution in [0.5, 0.6) is 5.75 Å². The number of para-hydroxylation sites is 1. The van der Waals surface area contributed by atoms with Crippen LogP contribution in [0.4, 0.5) is 0 Å². The number of hydrogen-bond acceptors (Lipinski definition) is 3. The second kappa shape index (κ2) is 6.42. The molecule has 0 amide bonds. The average Bonchev–Trinajstić information content (AvgIpc) is 2.33. The predicted octanol–water partition coefficient (Wildman–Crippen LogP) is 1.58. The van der Waals surface area contributed by atoms with Gasteiger partial charge in [0.15, 0.2) is 0 Å². The molecule has 1 aromatic carbocycles. The van der Waals surface area contributed by atoms with Crippen LogP contribution in [-0.2, 0) is 0 Å². The van der Waals surface area contributed by atoms with Crippen LogP contribution >= 0.6 is 22.6 Å². The molecule has 1 aliphatic heterocycles. The van der Waals surface area contributed by atoms with Gasteiger partial charge in [-0.15, -0.1) is 0 Å². The van der Waals surface area contributed by atoms with Gasteiger partial charge in [0.05, 0.1) is 3.57 Å². The average molecular weight is 332 g/mol. The summed E-state index contributed by atoms with van der Waals surface area (Å²) in [6.07, 6.45) is 0. The second-order valence-corrected chi connectivity index (χ2v) is 5.03. The highest BCUT2D eigenvalue weighted by molar-refractivity contribution is 14.1. The van der Waals surface area contributed by atoms with Crippen molar-refractivity contribution < 1.29 is 4.74 Å².